The minimum Gasteiger partial charge on any atom is -0.315 e. The number of carbonyl (C=O) groups excluding carboxylic acids is 1. The molecule has 1 aliphatic carbocycles. The second-order valence-corrected chi connectivity index (χ2v) is 5.63. The Morgan fingerprint density at radius 2 is 2.05 bits per heavy atom. The number of aryl methyl sites for hydroxylation is 2. The number of amides is 1. The molecule has 1 amide bonds. The average Bonchev–Trinajstić information content (AvgIpc) is 3.13. The number of hydrogen-bond donors (Lipinski definition) is 0. The zero-order chi connectivity index (χ0) is 14.3. The zero-order valence-corrected chi connectivity index (χ0v) is 12.1. The van der Waals surface area contributed by atoms with Crippen LogP contribution in [0.15, 0.2) is 36.7 Å². The van der Waals surface area contributed by atoms with Crippen molar-refractivity contribution in [3.8, 4) is 0 Å². The topological polar surface area (TPSA) is 38.1 Å². The molecule has 0 saturated heterocycles. The predicted molar refractivity (Wildman–Crippen MR) is 78.6 cm³/mol. The highest BCUT2D eigenvalue weighted by molar-refractivity contribution is 5.97. The fourth-order valence-corrected chi connectivity index (χ4v) is 2.61. The van der Waals surface area contributed by atoms with Crippen molar-refractivity contribution in [1.82, 2.24) is 9.78 Å². The number of hydrogen-bond acceptors (Lipinski definition) is 2. The molecule has 3 rings (SSSR count). The van der Waals surface area contributed by atoms with E-state index >= 15 is 0 Å². The molecule has 4 heteroatoms. The lowest BCUT2D eigenvalue weighted by molar-refractivity contribution is -0.119. The number of benzene rings is 1. The first-order valence-corrected chi connectivity index (χ1v) is 6.89. The van der Waals surface area contributed by atoms with E-state index in [9.17, 15) is 4.79 Å². The number of rotatable bonds is 3. The molecule has 4 nitrogen and oxygen atoms in total. The Morgan fingerprint density at radius 1 is 1.35 bits per heavy atom. The average molecular weight is 269 g/mol. The van der Waals surface area contributed by atoms with Gasteiger partial charge in [0.05, 0.1) is 6.20 Å². The van der Waals surface area contributed by atoms with Gasteiger partial charge < -0.3 is 4.90 Å². The summed E-state index contributed by atoms with van der Waals surface area (Å²) >= 11 is 0. The van der Waals surface area contributed by atoms with Crippen LogP contribution in [-0.4, -0.2) is 22.7 Å². The third-order valence-electron chi connectivity index (χ3n) is 4.01. The second kappa shape index (κ2) is 4.78. The highest BCUT2D eigenvalue weighted by Gasteiger charge is 2.45. The number of anilines is 1. The van der Waals surface area contributed by atoms with Crippen molar-refractivity contribution in [2.45, 2.75) is 19.3 Å². The van der Waals surface area contributed by atoms with Gasteiger partial charge in [-0.3, -0.25) is 9.48 Å². The smallest absolute Gasteiger partial charge is 0.230 e. The zero-order valence-electron chi connectivity index (χ0n) is 12.1. The summed E-state index contributed by atoms with van der Waals surface area (Å²) in [5.74, 6) is 0.636. The summed E-state index contributed by atoms with van der Waals surface area (Å²) in [6.07, 6.45) is 4.80. The fraction of sp³-hybridized carbons (Fsp3) is 0.375. The molecule has 0 unspecified atom stereocenters. The number of nitrogens with zero attached hydrogens (tertiary/aromatic N) is 3. The van der Waals surface area contributed by atoms with Gasteiger partial charge in [-0.15, -0.1) is 0 Å². The van der Waals surface area contributed by atoms with Crippen molar-refractivity contribution in [2.75, 3.05) is 11.9 Å². The second-order valence-electron chi connectivity index (χ2n) is 5.63. The predicted octanol–water partition coefficient (Wildman–Crippen LogP) is 2.50. The van der Waals surface area contributed by atoms with Gasteiger partial charge in [-0.2, -0.15) is 5.10 Å². The SMILES string of the molecule is Cc1ccc(N(C)C(=O)[C@H]2C[C@@H]2c2cnn(C)c2)cc1. The highest BCUT2D eigenvalue weighted by Crippen LogP contribution is 2.48. The molecule has 1 aromatic carbocycles. The van der Waals surface area contributed by atoms with E-state index in [1.54, 1.807) is 9.58 Å². The first kappa shape index (κ1) is 12.9. The Hall–Kier alpha value is -2.10. The van der Waals surface area contributed by atoms with Gasteiger partial charge in [-0.1, -0.05) is 17.7 Å². The molecule has 20 heavy (non-hydrogen) atoms. The van der Waals surface area contributed by atoms with Gasteiger partial charge in [-0.05, 0) is 37.0 Å². The van der Waals surface area contributed by atoms with Crippen LogP contribution in [0.2, 0.25) is 0 Å². The van der Waals surface area contributed by atoms with Gasteiger partial charge >= 0.3 is 0 Å². The molecule has 1 aromatic heterocycles. The van der Waals surface area contributed by atoms with E-state index in [1.165, 1.54) is 11.1 Å². The fourth-order valence-electron chi connectivity index (χ4n) is 2.61. The van der Waals surface area contributed by atoms with Crippen LogP contribution in [0.25, 0.3) is 0 Å². The minimum absolute atomic E-state index is 0.102. The third kappa shape index (κ3) is 2.33. The maximum Gasteiger partial charge on any atom is 0.230 e. The van der Waals surface area contributed by atoms with Crippen molar-refractivity contribution in [3.63, 3.8) is 0 Å². The first-order chi connectivity index (χ1) is 9.56. The maximum atomic E-state index is 12.5. The quantitative estimate of drug-likeness (QED) is 0.858. The normalized spacial score (nSPS) is 20.8. The van der Waals surface area contributed by atoms with Gasteiger partial charge in [0.15, 0.2) is 0 Å². The van der Waals surface area contributed by atoms with Crippen LogP contribution in [0.5, 0.6) is 0 Å². The molecule has 104 valence electrons. The van der Waals surface area contributed by atoms with E-state index in [1.807, 2.05) is 57.7 Å². The van der Waals surface area contributed by atoms with Crippen molar-refractivity contribution in [3.05, 3.63) is 47.8 Å². The van der Waals surface area contributed by atoms with Gasteiger partial charge in [0.1, 0.15) is 0 Å². The molecule has 0 radical (unpaired) electrons. The van der Waals surface area contributed by atoms with Crippen molar-refractivity contribution in [2.24, 2.45) is 13.0 Å². The Labute approximate surface area is 119 Å². The summed E-state index contributed by atoms with van der Waals surface area (Å²) in [6.45, 7) is 2.05. The number of aromatic nitrogens is 2. The van der Waals surface area contributed by atoms with E-state index in [0.29, 0.717) is 5.92 Å². The monoisotopic (exact) mass is 269 g/mol. The Balaban J connectivity index is 1.70. The molecule has 0 spiro atoms. The van der Waals surface area contributed by atoms with E-state index in [-0.39, 0.29) is 11.8 Å². The summed E-state index contributed by atoms with van der Waals surface area (Å²) in [4.78, 5) is 14.2. The third-order valence-corrected chi connectivity index (χ3v) is 4.01. The van der Waals surface area contributed by atoms with Gasteiger partial charge in [0.2, 0.25) is 5.91 Å². The molecular formula is C16H19N3O. The van der Waals surface area contributed by atoms with Crippen LogP contribution < -0.4 is 4.90 Å². The van der Waals surface area contributed by atoms with Crippen molar-refractivity contribution < 1.29 is 4.79 Å². The molecule has 2 aromatic rings. The molecule has 2 atom stereocenters. The molecule has 1 heterocycles. The standard InChI is InChI=1S/C16H19N3O/c1-11-4-6-13(7-5-11)19(3)16(20)15-8-14(15)12-9-17-18(2)10-12/h4-7,9-10,14-15H,8H2,1-3H3/t14-,15+/m1/s1. The molecule has 1 fully saturated rings. The summed E-state index contributed by atoms with van der Waals surface area (Å²) in [6, 6.07) is 8.05. The minimum atomic E-state index is 0.102. The van der Waals surface area contributed by atoms with Crippen molar-refractivity contribution >= 4 is 11.6 Å². The van der Waals surface area contributed by atoms with Gasteiger partial charge in [0, 0.05) is 31.9 Å². The highest BCUT2D eigenvalue weighted by atomic mass is 16.2. The molecule has 0 N–H and O–H groups in total. The van der Waals surface area contributed by atoms with Crippen LogP contribution in [0.4, 0.5) is 5.69 Å². The van der Waals surface area contributed by atoms with Crippen molar-refractivity contribution in [1.29, 1.82) is 0 Å². The summed E-state index contributed by atoms with van der Waals surface area (Å²) in [7, 11) is 3.76. The first-order valence-electron chi connectivity index (χ1n) is 6.89. The van der Waals surface area contributed by atoms with Crippen LogP contribution in [-0.2, 0) is 11.8 Å². The lowest BCUT2D eigenvalue weighted by Crippen LogP contribution is -2.28. The summed E-state index contributed by atoms with van der Waals surface area (Å²) in [5.41, 5.74) is 3.33. The van der Waals surface area contributed by atoms with Crippen LogP contribution in [0, 0.1) is 12.8 Å². The lowest BCUT2D eigenvalue weighted by Gasteiger charge is -2.17. The molecule has 1 aliphatic rings. The van der Waals surface area contributed by atoms with Crippen LogP contribution in [0.1, 0.15) is 23.5 Å². The van der Waals surface area contributed by atoms with Gasteiger partial charge in [0.25, 0.3) is 0 Å². The largest absolute Gasteiger partial charge is 0.315 e. The Kier molecular flexibility index (Phi) is 3.08. The van der Waals surface area contributed by atoms with Crippen LogP contribution in [0.3, 0.4) is 0 Å². The molecular weight excluding hydrogens is 250 g/mol. The number of carbonyl (C=O) groups is 1. The summed E-state index contributed by atoms with van der Waals surface area (Å²) < 4.78 is 1.79. The summed E-state index contributed by atoms with van der Waals surface area (Å²) in [5, 5.41) is 4.18. The lowest BCUT2D eigenvalue weighted by atomic mass is 10.1. The van der Waals surface area contributed by atoms with E-state index in [4.69, 9.17) is 0 Å². The Bertz CT molecular complexity index is 629. The van der Waals surface area contributed by atoms with Crippen LogP contribution >= 0.6 is 0 Å². The van der Waals surface area contributed by atoms with E-state index < -0.39 is 0 Å². The van der Waals surface area contributed by atoms with Gasteiger partial charge in [-0.25, -0.2) is 0 Å². The molecule has 1 saturated carbocycles. The molecule has 0 aliphatic heterocycles. The van der Waals surface area contributed by atoms with E-state index in [0.717, 1.165) is 12.1 Å². The Morgan fingerprint density at radius 3 is 2.65 bits per heavy atom. The maximum absolute atomic E-state index is 12.5. The van der Waals surface area contributed by atoms with E-state index in [2.05, 4.69) is 5.10 Å². The molecule has 0 bridgehead atoms.